The Morgan fingerprint density at radius 3 is 2.58 bits per heavy atom. The second-order valence-corrected chi connectivity index (χ2v) is 7.08. The van der Waals surface area contributed by atoms with Crippen LogP contribution < -0.4 is 0 Å². The van der Waals surface area contributed by atoms with Crippen LogP contribution in [0.2, 0.25) is 0 Å². The smallest absolute Gasteiger partial charge is 0.180 e. The molecule has 0 atom stereocenters. The molecule has 0 amide bonds. The molecule has 0 radical (unpaired) electrons. The fraction of sp³-hybridized carbons (Fsp3) is 0.462. The first-order valence-corrected chi connectivity index (χ1v) is 7.77. The molecule has 0 saturated heterocycles. The maximum atomic E-state index is 12.1. The molecule has 0 aromatic carbocycles. The van der Waals surface area contributed by atoms with E-state index < -0.39 is 9.84 Å². The number of sulfone groups is 1. The highest BCUT2D eigenvalue weighted by Gasteiger charge is 2.43. The van der Waals surface area contributed by atoms with Gasteiger partial charge in [-0.05, 0) is 24.5 Å². The third-order valence-corrected chi connectivity index (χ3v) is 5.28. The number of aromatic nitrogens is 1. The van der Waals surface area contributed by atoms with Crippen molar-refractivity contribution in [1.82, 2.24) is 4.98 Å². The summed E-state index contributed by atoms with van der Waals surface area (Å²) in [5, 5.41) is 7.45. The maximum Gasteiger partial charge on any atom is 0.180 e. The van der Waals surface area contributed by atoms with E-state index in [0.717, 1.165) is 12.8 Å². The number of hydrogen-bond acceptors (Lipinski definition) is 5. The van der Waals surface area contributed by atoms with E-state index in [-0.39, 0.29) is 27.5 Å². The summed E-state index contributed by atoms with van der Waals surface area (Å²) in [5.41, 5.74) is 0.325. The van der Waals surface area contributed by atoms with Crippen molar-refractivity contribution in [2.45, 2.75) is 37.0 Å². The summed E-state index contributed by atoms with van der Waals surface area (Å²) in [7, 11) is -3.50. The first-order valence-electron chi connectivity index (χ1n) is 6.12. The molecule has 6 heteroatoms. The van der Waals surface area contributed by atoms with Gasteiger partial charge in [0.1, 0.15) is 5.69 Å². The molecule has 1 saturated carbocycles. The SMILES string of the molecule is CCS(=O)(=O)c1cc(C2(C=N)CC2)cnc1C(C)=O. The first kappa shape index (κ1) is 13.9. The van der Waals surface area contributed by atoms with Crippen molar-refractivity contribution in [2.75, 3.05) is 5.75 Å². The van der Waals surface area contributed by atoms with Gasteiger partial charge < -0.3 is 5.41 Å². The lowest BCUT2D eigenvalue weighted by atomic mass is 9.99. The standard InChI is InChI=1S/C13H16N2O3S/c1-3-19(17,18)11-6-10(13(8-14)4-5-13)7-15-12(11)9(2)16/h6-8,14H,3-5H2,1-2H3. The number of ketones is 1. The van der Waals surface area contributed by atoms with Crippen molar-refractivity contribution in [1.29, 1.82) is 5.41 Å². The molecular weight excluding hydrogens is 264 g/mol. The largest absolute Gasteiger partial charge is 0.312 e. The minimum absolute atomic E-state index is 0.00637. The Labute approximate surface area is 112 Å². The molecule has 1 aliphatic carbocycles. The quantitative estimate of drug-likeness (QED) is 0.657. The lowest BCUT2D eigenvalue weighted by Crippen LogP contribution is -2.15. The van der Waals surface area contributed by atoms with Crippen molar-refractivity contribution in [2.24, 2.45) is 0 Å². The Kier molecular flexibility index (Phi) is 3.30. The van der Waals surface area contributed by atoms with E-state index in [9.17, 15) is 13.2 Å². The number of rotatable bonds is 5. The maximum absolute atomic E-state index is 12.1. The molecule has 1 N–H and O–H groups in total. The van der Waals surface area contributed by atoms with E-state index >= 15 is 0 Å². The molecule has 0 bridgehead atoms. The van der Waals surface area contributed by atoms with Gasteiger partial charge in [-0.15, -0.1) is 0 Å². The fourth-order valence-electron chi connectivity index (χ4n) is 2.02. The summed E-state index contributed by atoms with van der Waals surface area (Å²) in [6, 6.07) is 1.51. The van der Waals surface area contributed by atoms with Crippen molar-refractivity contribution < 1.29 is 13.2 Å². The van der Waals surface area contributed by atoms with E-state index in [4.69, 9.17) is 5.41 Å². The van der Waals surface area contributed by atoms with Gasteiger partial charge in [-0.1, -0.05) is 6.92 Å². The zero-order valence-electron chi connectivity index (χ0n) is 10.9. The number of carbonyl (C=O) groups is 1. The van der Waals surface area contributed by atoms with Gasteiger partial charge in [-0.2, -0.15) is 0 Å². The lowest BCUT2D eigenvalue weighted by molar-refractivity contribution is 0.100. The van der Waals surface area contributed by atoms with Crippen molar-refractivity contribution >= 4 is 21.8 Å². The van der Waals surface area contributed by atoms with Gasteiger partial charge in [0.05, 0.1) is 10.6 Å². The van der Waals surface area contributed by atoms with E-state index in [0.29, 0.717) is 5.56 Å². The predicted molar refractivity (Wildman–Crippen MR) is 71.7 cm³/mol. The van der Waals surface area contributed by atoms with E-state index in [1.807, 2.05) is 0 Å². The second-order valence-electron chi connectivity index (χ2n) is 4.83. The summed E-state index contributed by atoms with van der Waals surface area (Å²) in [5.74, 6) is -0.436. The Bertz CT molecular complexity index is 646. The van der Waals surface area contributed by atoms with Crippen LogP contribution in [0.5, 0.6) is 0 Å². The second kappa shape index (κ2) is 4.52. The topological polar surface area (TPSA) is 87.9 Å². The van der Waals surface area contributed by atoms with Gasteiger partial charge in [0.25, 0.3) is 0 Å². The van der Waals surface area contributed by atoms with Gasteiger partial charge in [-0.3, -0.25) is 9.78 Å². The van der Waals surface area contributed by atoms with Crippen LogP contribution in [-0.4, -0.2) is 31.2 Å². The highest BCUT2D eigenvalue weighted by Crippen LogP contribution is 2.46. The zero-order chi connectivity index (χ0) is 14.3. The molecule has 1 aromatic heterocycles. The van der Waals surface area contributed by atoms with Crippen LogP contribution in [0.1, 0.15) is 42.7 Å². The van der Waals surface area contributed by atoms with Crippen molar-refractivity contribution in [3.05, 3.63) is 23.5 Å². The summed E-state index contributed by atoms with van der Waals surface area (Å²) in [6.45, 7) is 2.84. The summed E-state index contributed by atoms with van der Waals surface area (Å²) in [4.78, 5) is 15.5. The van der Waals surface area contributed by atoms with E-state index in [1.54, 1.807) is 0 Å². The molecule has 2 rings (SSSR count). The third-order valence-electron chi connectivity index (χ3n) is 3.54. The number of pyridine rings is 1. The Morgan fingerprint density at radius 1 is 1.53 bits per heavy atom. The van der Waals surface area contributed by atoms with Gasteiger partial charge in [0.15, 0.2) is 15.6 Å². The molecule has 1 heterocycles. The highest BCUT2D eigenvalue weighted by molar-refractivity contribution is 7.91. The van der Waals surface area contributed by atoms with Gasteiger partial charge >= 0.3 is 0 Å². The molecule has 102 valence electrons. The molecule has 1 fully saturated rings. The number of Topliss-reactive ketones (excluding diaryl/α,β-unsaturated/α-hetero) is 1. The van der Waals surface area contributed by atoms with Crippen LogP contribution >= 0.6 is 0 Å². The van der Waals surface area contributed by atoms with Crippen LogP contribution in [0.4, 0.5) is 0 Å². The van der Waals surface area contributed by atoms with Crippen molar-refractivity contribution in [3.63, 3.8) is 0 Å². The minimum Gasteiger partial charge on any atom is -0.312 e. The number of nitrogens with one attached hydrogen (secondary N) is 1. The lowest BCUT2D eigenvalue weighted by Gasteiger charge is -2.12. The fourth-order valence-corrected chi connectivity index (χ4v) is 3.13. The van der Waals surface area contributed by atoms with Crippen LogP contribution in [0.15, 0.2) is 17.2 Å². The minimum atomic E-state index is -3.50. The van der Waals surface area contributed by atoms with Gasteiger partial charge in [-0.25, -0.2) is 8.42 Å². The first-order chi connectivity index (χ1) is 8.86. The Morgan fingerprint density at radius 2 is 2.16 bits per heavy atom. The Balaban J connectivity index is 2.64. The monoisotopic (exact) mass is 280 g/mol. The summed E-state index contributed by atoms with van der Waals surface area (Å²) < 4.78 is 24.1. The van der Waals surface area contributed by atoms with Crippen LogP contribution in [0.3, 0.4) is 0 Å². The molecule has 1 aromatic rings. The Hall–Kier alpha value is -1.56. The number of nitrogens with zero attached hydrogens (tertiary/aromatic N) is 1. The highest BCUT2D eigenvalue weighted by atomic mass is 32.2. The molecule has 0 spiro atoms. The average Bonchev–Trinajstić information content (AvgIpc) is 3.19. The molecule has 1 aliphatic rings. The van der Waals surface area contributed by atoms with Gasteiger partial charge in [0.2, 0.25) is 0 Å². The normalized spacial score (nSPS) is 16.9. The van der Waals surface area contributed by atoms with E-state index in [1.165, 1.54) is 32.3 Å². The number of carbonyl (C=O) groups excluding carboxylic acids is 1. The predicted octanol–water partition coefficient (Wildman–Crippen LogP) is 1.76. The molecular formula is C13H16N2O3S. The average molecular weight is 280 g/mol. The van der Waals surface area contributed by atoms with Crippen LogP contribution in [0, 0.1) is 5.41 Å². The van der Waals surface area contributed by atoms with Gasteiger partial charge in [0, 0.05) is 24.8 Å². The zero-order valence-corrected chi connectivity index (χ0v) is 11.8. The number of hydrogen-bond donors (Lipinski definition) is 1. The molecule has 5 nitrogen and oxygen atoms in total. The molecule has 19 heavy (non-hydrogen) atoms. The summed E-state index contributed by atoms with van der Waals surface area (Å²) in [6.07, 6.45) is 4.50. The van der Waals surface area contributed by atoms with Crippen LogP contribution in [0.25, 0.3) is 0 Å². The van der Waals surface area contributed by atoms with Crippen molar-refractivity contribution in [3.8, 4) is 0 Å². The van der Waals surface area contributed by atoms with Crippen LogP contribution in [-0.2, 0) is 15.3 Å². The third kappa shape index (κ3) is 2.32. The summed E-state index contributed by atoms with van der Waals surface area (Å²) >= 11 is 0. The molecule has 0 aliphatic heterocycles. The molecule has 0 unspecified atom stereocenters. The van der Waals surface area contributed by atoms with E-state index in [2.05, 4.69) is 4.98 Å².